The molecule has 2 aromatic heterocycles. The van der Waals surface area contributed by atoms with E-state index in [1.807, 2.05) is 30.5 Å². The molecule has 0 saturated heterocycles. The maximum atomic E-state index is 12.2. The molecule has 30 heavy (non-hydrogen) atoms. The topological polar surface area (TPSA) is 122 Å². The average molecular weight is 403 g/mol. The highest BCUT2D eigenvalue weighted by Gasteiger charge is 2.49. The van der Waals surface area contributed by atoms with Crippen LogP contribution in [0.4, 0.5) is 5.69 Å². The molecule has 154 valence electrons. The Kier molecular flexibility index (Phi) is 4.55. The van der Waals surface area contributed by atoms with Crippen molar-refractivity contribution >= 4 is 17.1 Å². The van der Waals surface area contributed by atoms with Gasteiger partial charge in [-0.25, -0.2) is 4.52 Å². The molecule has 1 aliphatic carbocycles. The van der Waals surface area contributed by atoms with Gasteiger partial charge in [-0.2, -0.15) is 10.4 Å². The van der Waals surface area contributed by atoms with Gasteiger partial charge in [0.2, 0.25) is 0 Å². The molecular weight excluding hydrogens is 376 g/mol. The van der Waals surface area contributed by atoms with E-state index in [1.165, 1.54) is 6.20 Å². The van der Waals surface area contributed by atoms with E-state index in [2.05, 4.69) is 37.3 Å². The first-order chi connectivity index (χ1) is 14.1. The minimum absolute atomic E-state index is 0.0806. The van der Waals surface area contributed by atoms with E-state index in [4.69, 9.17) is 11.5 Å². The summed E-state index contributed by atoms with van der Waals surface area (Å²) in [6.45, 7) is 6.37. The lowest BCUT2D eigenvalue weighted by Crippen LogP contribution is -2.51. The number of benzene rings is 1. The zero-order chi connectivity index (χ0) is 21.7. The summed E-state index contributed by atoms with van der Waals surface area (Å²) in [7, 11) is 0. The van der Waals surface area contributed by atoms with Crippen molar-refractivity contribution in [3.8, 4) is 17.2 Å². The number of fused-ring (bicyclic) bond motifs is 1. The SMILES string of the molecule is CC1(C)[C@H](Nc2c(C(N)=O)cnn3cc(-c4cccc(C#N)c4)cc23)CC[C@]1(C)N. The second kappa shape index (κ2) is 6.85. The van der Waals surface area contributed by atoms with Crippen LogP contribution in [0.3, 0.4) is 0 Å². The van der Waals surface area contributed by atoms with Crippen molar-refractivity contribution < 1.29 is 4.79 Å². The lowest BCUT2D eigenvalue weighted by molar-refractivity contribution is 0.100. The first-order valence-corrected chi connectivity index (χ1v) is 10.0. The van der Waals surface area contributed by atoms with Crippen LogP contribution in [0.2, 0.25) is 0 Å². The summed E-state index contributed by atoms with van der Waals surface area (Å²) < 4.78 is 1.73. The summed E-state index contributed by atoms with van der Waals surface area (Å²) in [6.07, 6.45) is 5.16. The van der Waals surface area contributed by atoms with Crippen molar-refractivity contribution in [3.05, 3.63) is 53.9 Å². The van der Waals surface area contributed by atoms with Gasteiger partial charge >= 0.3 is 0 Å². The molecule has 1 aromatic carbocycles. The predicted octanol–water partition coefficient (Wildman–Crippen LogP) is 3.29. The van der Waals surface area contributed by atoms with E-state index in [-0.39, 0.29) is 17.0 Å². The van der Waals surface area contributed by atoms with Crippen molar-refractivity contribution in [2.24, 2.45) is 16.9 Å². The second-order valence-electron chi connectivity index (χ2n) is 8.92. The maximum Gasteiger partial charge on any atom is 0.252 e. The maximum absolute atomic E-state index is 12.2. The van der Waals surface area contributed by atoms with Gasteiger partial charge in [0, 0.05) is 28.8 Å². The fourth-order valence-corrected chi connectivity index (χ4v) is 4.27. The molecule has 1 fully saturated rings. The minimum Gasteiger partial charge on any atom is -0.379 e. The quantitative estimate of drug-likeness (QED) is 0.618. The molecule has 0 bridgehead atoms. The number of anilines is 1. The molecule has 7 nitrogen and oxygen atoms in total. The van der Waals surface area contributed by atoms with Crippen molar-refractivity contribution in [2.45, 2.75) is 45.2 Å². The fraction of sp³-hybridized carbons (Fsp3) is 0.348. The number of hydrogen-bond acceptors (Lipinski definition) is 5. The zero-order valence-corrected chi connectivity index (χ0v) is 17.4. The number of amides is 1. The number of carbonyl (C=O) groups is 1. The van der Waals surface area contributed by atoms with Crippen molar-refractivity contribution in [1.82, 2.24) is 9.61 Å². The number of aromatic nitrogens is 2. The van der Waals surface area contributed by atoms with Gasteiger partial charge in [0.15, 0.2) is 0 Å². The smallest absolute Gasteiger partial charge is 0.252 e. The molecule has 4 rings (SSSR count). The summed E-state index contributed by atoms with van der Waals surface area (Å²) in [5.41, 5.74) is 15.9. The monoisotopic (exact) mass is 402 g/mol. The van der Waals surface area contributed by atoms with Crippen LogP contribution in [0.1, 0.15) is 49.5 Å². The molecule has 2 atom stereocenters. The standard InChI is InChI=1S/C23H26N6O/c1-22(2)19(7-8-23(22,3)26)28-20-17(21(25)30)12-27-29-13-16(10-18(20)29)15-6-4-5-14(9-15)11-24/h4-6,9-10,12-13,19,28H,7-8,26H2,1-3H3,(H2,25,30)/t19-,23+/m1/s1. The van der Waals surface area contributed by atoms with Crippen LogP contribution in [0.25, 0.3) is 16.6 Å². The molecule has 1 aliphatic rings. The van der Waals surface area contributed by atoms with Gasteiger partial charge in [-0.1, -0.05) is 26.0 Å². The van der Waals surface area contributed by atoms with Crippen molar-refractivity contribution in [2.75, 3.05) is 5.32 Å². The number of nitriles is 1. The van der Waals surface area contributed by atoms with Crippen molar-refractivity contribution in [1.29, 1.82) is 5.26 Å². The van der Waals surface area contributed by atoms with Gasteiger partial charge in [-0.15, -0.1) is 0 Å². The Bertz CT molecular complexity index is 1180. The third-order valence-electron chi connectivity index (χ3n) is 6.84. The normalized spacial score (nSPS) is 22.7. The Labute approximate surface area is 175 Å². The third kappa shape index (κ3) is 3.10. The molecule has 2 heterocycles. The number of nitrogens with one attached hydrogen (secondary N) is 1. The minimum atomic E-state index is -0.534. The first-order valence-electron chi connectivity index (χ1n) is 10.0. The van der Waals surface area contributed by atoms with E-state index in [1.54, 1.807) is 10.6 Å². The summed E-state index contributed by atoms with van der Waals surface area (Å²) >= 11 is 0. The Morgan fingerprint density at radius 1 is 1.30 bits per heavy atom. The van der Waals surface area contributed by atoms with Crippen LogP contribution in [-0.4, -0.2) is 27.1 Å². The van der Waals surface area contributed by atoms with Gasteiger partial charge in [0.05, 0.1) is 34.6 Å². The molecule has 3 aromatic rings. The van der Waals surface area contributed by atoms with Gasteiger partial charge in [-0.3, -0.25) is 4.79 Å². The molecule has 7 heteroatoms. The second-order valence-corrected chi connectivity index (χ2v) is 8.92. The molecule has 1 saturated carbocycles. The largest absolute Gasteiger partial charge is 0.379 e. The van der Waals surface area contributed by atoms with E-state index < -0.39 is 5.91 Å². The molecule has 0 spiro atoms. The highest BCUT2D eigenvalue weighted by atomic mass is 16.1. The van der Waals surface area contributed by atoms with E-state index in [0.29, 0.717) is 16.8 Å². The van der Waals surface area contributed by atoms with Crippen LogP contribution in [0, 0.1) is 16.7 Å². The number of nitrogens with two attached hydrogens (primary N) is 2. The van der Waals surface area contributed by atoms with Crippen LogP contribution in [0.15, 0.2) is 42.7 Å². The Morgan fingerprint density at radius 2 is 2.07 bits per heavy atom. The van der Waals surface area contributed by atoms with Gasteiger partial charge < -0.3 is 16.8 Å². The average Bonchev–Trinajstić information content (AvgIpc) is 3.22. The summed E-state index contributed by atoms with van der Waals surface area (Å²) in [5, 5.41) is 17.2. The van der Waals surface area contributed by atoms with Crippen LogP contribution < -0.4 is 16.8 Å². The van der Waals surface area contributed by atoms with Crippen LogP contribution in [0.5, 0.6) is 0 Å². The van der Waals surface area contributed by atoms with Gasteiger partial charge in [0.1, 0.15) is 0 Å². The van der Waals surface area contributed by atoms with Crippen LogP contribution in [-0.2, 0) is 0 Å². The molecule has 1 amide bonds. The number of carbonyl (C=O) groups excluding carboxylic acids is 1. The van der Waals surface area contributed by atoms with E-state index in [0.717, 1.165) is 29.5 Å². The molecule has 0 aliphatic heterocycles. The zero-order valence-electron chi connectivity index (χ0n) is 17.4. The summed E-state index contributed by atoms with van der Waals surface area (Å²) in [4.78, 5) is 12.2. The lowest BCUT2D eigenvalue weighted by Gasteiger charge is -2.39. The Balaban J connectivity index is 1.83. The molecule has 0 radical (unpaired) electrons. The number of hydrogen-bond donors (Lipinski definition) is 3. The predicted molar refractivity (Wildman–Crippen MR) is 117 cm³/mol. The Morgan fingerprint density at radius 3 is 2.70 bits per heavy atom. The first kappa shape index (κ1) is 19.9. The fourth-order valence-electron chi connectivity index (χ4n) is 4.27. The van der Waals surface area contributed by atoms with Crippen LogP contribution >= 0.6 is 0 Å². The summed E-state index contributed by atoms with van der Waals surface area (Å²) in [5.74, 6) is -0.534. The number of primary amides is 1. The van der Waals surface area contributed by atoms with E-state index in [9.17, 15) is 10.1 Å². The molecular formula is C23H26N6O. The Hall–Kier alpha value is -3.37. The molecule has 0 unspecified atom stereocenters. The lowest BCUT2D eigenvalue weighted by atomic mass is 9.75. The van der Waals surface area contributed by atoms with Gasteiger partial charge in [-0.05, 0) is 43.5 Å². The van der Waals surface area contributed by atoms with Crippen molar-refractivity contribution in [3.63, 3.8) is 0 Å². The summed E-state index contributed by atoms with van der Waals surface area (Å²) in [6, 6.07) is 11.6. The van der Waals surface area contributed by atoms with E-state index >= 15 is 0 Å². The highest BCUT2D eigenvalue weighted by molar-refractivity contribution is 6.02. The number of nitrogens with zero attached hydrogens (tertiary/aromatic N) is 3. The third-order valence-corrected chi connectivity index (χ3v) is 6.84. The number of rotatable bonds is 4. The van der Waals surface area contributed by atoms with Gasteiger partial charge in [0.25, 0.3) is 5.91 Å². The molecule has 5 N–H and O–H groups in total. The highest BCUT2D eigenvalue weighted by Crippen LogP contribution is 2.46.